The molecule has 0 spiro atoms. The molecule has 1 atom stereocenters. The molecular weight excluding hydrogens is 354 g/mol. The molecule has 1 N–H and O–H groups in total. The molecule has 1 saturated heterocycles. The van der Waals surface area contributed by atoms with Crippen LogP contribution in [0.2, 0.25) is 0 Å². The number of anilines is 1. The first-order valence-electron chi connectivity index (χ1n) is 8.88. The highest BCUT2D eigenvalue weighted by atomic mass is 32.2. The number of hydrogen-bond acceptors (Lipinski definition) is 5. The van der Waals surface area contributed by atoms with Crippen LogP contribution in [0.25, 0.3) is 0 Å². The fourth-order valence-electron chi connectivity index (χ4n) is 3.26. The van der Waals surface area contributed by atoms with Gasteiger partial charge in [0.1, 0.15) is 11.8 Å². The number of likely N-dealkylation sites (tertiary alicyclic amines) is 1. The molecule has 0 radical (unpaired) electrons. The van der Waals surface area contributed by atoms with Crippen molar-refractivity contribution in [3.05, 3.63) is 24.3 Å². The summed E-state index contributed by atoms with van der Waals surface area (Å²) in [6.45, 7) is 3.66. The van der Waals surface area contributed by atoms with E-state index in [1.807, 2.05) is 6.92 Å². The van der Waals surface area contributed by atoms with E-state index in [4.69, 9.17) is 4.74 Å². The van der Waals surface area contributed by atoms with Crippen LogP contribution in [-0.4, -0.2) is 64.8 Å². The van der Waals surface area contributed by atoms with Crippen molar-refractivity contribution in [3.8, 4) is 5.75 Å². The summed E-state index contributed by atoms with van der Waals surface area (Å²) in [6, 6.07) is 6.05. The van der Waals surface area contributed by atoms with Crippen molar-refractivity contribution in [2.45, 2.75) is 38.3 Å². The normalized spacial score (nSPS) is 17.5. The van der Waals surface area contributed by atoms with Gasteiger partial charge in [0, 0.05) is 12.1 Å². The van der Waals surface area contributed by atoms with Crippen LogP contribution in [-0.2, 0) is 14.8 Å². The summed E-state index contributed by atoms with van der Waals surface area (Å²) in [5.41, 5.74) is 0.428. The van der Waals surface area contributed by atoms with Crippen LogP contribution in [0.5, 0.6) is 5.75 Å². The Bertz CT molecular complexity index is 715. The zero-order valence-corrected chi connectivity index (χ0v) is 16.8. The first-order valence-corrected chi connectivity index (χ1v) is 10.7. The summed E-state index contributed by atoms with van der Waals surface area (Å²) in [4.78, 5) is 15.1. The highest BCUT2D eigenvalue weighted by Gasteiger charge is 2.33. The molecule has 146 valence electrons. The van der Waals surface area contributed by atoms with Crippen molar-refractivity contribution in [1.82, 2.24) is 10.2 Å². The van der Waals surface area contributed by atoms with Crippen molar-refractivity contribution in [2.75, 3.05) is 37.8 Å². The largest absolute Gasteiger partial charge is 0.497 e. The van der Waals surface area contributed by atoms with Crippen LogP contribution >= 0.6 is 0 Å². The number of nitrogens with zero attached hydrogens (tertiary/aromatic N) is 2. The van der Waals surface area contributed by atoms with Gasteiger partial charge in [0.05, 0.1) is 19.1 Å². The molecule has 26 heavy (non-hydrogen) atoms. The van der Waals surface area contributed by atoms with E-state index in [0.717, 1.165) is 32.2 Å². The molecule has 1 aromatic rings. The van der Waals surface area contributed by atoms with E-state index in [1.165, 1.54) is 11.4 Å². The molecular formula is C18H29N3O4S. The first kappa shape index (κ1) is 20.5. The van der Waals surface area contributed by atoms with Gasteiger partial charge in [-0.1, -0.05) is 13.0 Å². The highest BCUT2D eigenvalue weighted by molar-refractivity contribution is 7.92. The molecule has 8 heteroatoms. The Balaban J connectivity index is 2.25. The fraction of sp³-hybridized carbons (Fsp3) is 0.611. The lowest BCUT2D eigenvalue weighted by atomic mass is 10.0. The zero-order chi connectivity index (χ0) is 19.3. The monoisotopic (exact) mass is 383 g/mol. The summed E-state index contributed by atoms with van der Waals surface area (Å²) < 4.78 is 31.3. The molecule has 0 aromatic heterocycles. The first-order chi connectivity index (χ1) is 12.3. The van der Waals surface area contributed by atoms with E-state index in [0.29, 0.717) is 17.9 Å². The van der Waals surface area contributed by atoms with Gasteiger partial charge in [-0.05, 0) is 51.5 Å². The molecule has 1 aliphatic heterocycles. The summed E-state index contributed by atoms with van der Waals surface area (Å²) >= 11 is 0. The fourth-order valence-corrected chi connectivity index (χ4v) is 4.46. The van der Waals surface area contributed by atoms with Gasteiger partial charge in [0.2, 0.25) is 15.9 Å². The summed E-state index contributed by atoms with van der Waals surface area (Å²) in [6.07, 6.45) is 3.24. The van der Waals surface area contributed by atoms with Crippen LogP contribution in [0.1, 0.15) is 26.2 Å². The highest BCUT2D eigenvalue weighted by Crippen LogP contribution is 2.26. The molecule has 0 aliphatic carbocycles. The van der Waals surface area contributed by atoms with E-state index < -0.39 is 16.1 Å². The van der Waals surface area contributed by atoms with Gasteiger partial charge in [0.25, 0.3) is 0 Å². The minimum atomic E-state index is -3.64. The van der Waals surface area contributed by atoms with Crippen LogP contribution in [0, 0.1) is 0 Å². The Labute approximate surface area is 156 Å². The maximum Gasteiger partial charge on any atom is 0.244 e. The van der Waals surface area contributed by atoms with Gasteiger partial charge >= 0.3 is 0 Å². The molecule has 1 fully saturated rings. The molecule has 1 aromatic carbocycles. The Morgan fingerprint density at radius 3 is 2.58 bits per heavy atom. The summed E-state index contributed by atoms with van der Waals surface area (Å²) in [5.74, 6) is 0.289. The maximum atomic E-state index is 12.9. The van der Waals surface area contributed by atoms with Gasteiger partial charge in [0.15, 0.2) is 0 Å². The average molecular weight is 384 g/mol. The maximum absolute atomic E-state index is 12.9. The third kappa shape index (κ3) is 5.11. The van der Waals surface area contributed by atoms with Crippen LogP contribution in [0.4, 0.5) is 5.69 Å². The molecule has 2 rings (SSSR count). The predicted molar refractivity (Wildman–Crippen MR) is 103 cm³/mol. The van der Waals surface area contributed by atoms with Crippen molar-refractivity contribution in [3.63, 3.8) is 0 Å². The SMILES string of the molecule is CC[C@@H](C(=O)NC1CCN(C)CC1)N(c1cccc(OC)c1)S(C)(=O)=O. The zero-order valence-electron chi connectivity index (χ0n) is 15.9. The lowest BCUT2D eigenvalue weighted by Crippen LogP contribution is -2.53. The smallest absolute Gasteiger partial charge is 0.244 e. The molecule has 1 aliphatic rings. The van der Waals surface area contributed by atoms with Crippen molar-refractivity contribution < 1.29 is 17.9 Å². The van der Waals surface area contributed by atoms with Gasteiger partial charge in [-0.15, -0.1) is 0 Å². The summed E-state index contributed by atoms with van der Waals surface area (Å²) in [5, 5.41) is 3.04. The Hall–Kier alpha value is -1.80. The van der Waals surface area contributed by atoms with Gasteiger partial charge in [-0.25, -0.2) is 8.42 Å². The second-order valence-corrected chi connectivity index (χ2v) is 8.63. The Morgan fingerprint density at radius 1 is 1.38 bits per heavy atom. The van der Waals surface area contributed by atoms with E-state index >= 15 is 0 Å². The lowest BCUT2D eigenvalue weighted by Gasteiger charge is -2.34. The lowest BCUT2D eigenvalue weighted by molar-refractivity contribution is -0.123. The number of carbonyl (C=O) groups is 1. The van der Waals surface area contributed by atoms with Crippen molar-refractivity contribution in [2.24, 2.45) is 0 Å². The second kappa shape index (κ2) is 8.73. The number of hydrogen-bond donors (Lipinski definition) is 1. The quantitative estimate of drug-likeness (QED) is 0.771. The number of benzene rings is 1. The molecule has 1 amide bonds. The third-order valence-corrected chi connectivity index (χ3v) is 5.88. The molecule has 0 bridgehead atoms. The number of piperidine rings is 1. The molecule has 7 nitrogen and oxygen atoms in total. The van der Waals surface area contributed by atoms with E-state index in [9.17, 15) is 13.2 Å². The Morgan fingerprint density at radius 2 is 2.04 bits per heavy atom. The standard InChI is InChI=1S/C18H29N3O4S/c1-5-17(18(22)19-14-9-11-20(2)12-10-14)21(26(4,23)24)15-7-6-8-16(13-15)25-3/h6-8,13-14,17H,5,9-12H2,1-4H3,(H,19,22)/t17-/m0/s1. The summed E-state index contributed by atoms with van der Waals surface area (Å²) in [7, 11) is -0.0617. The van der Waals surface area contributed by atoms with Crippen molar-refractivity contribution in [1.29, 1.82) is 0 Å². The molecule has 0 unspecified atom stereocenters. The molecule has 1 heterocycles. The van der Waals surface area contributed by atoms with E-state index in [-0.39, 0.29) is 11.9 Å². The van der Waals surface area contributed by atoms with Gasteiger partial charge in [-0.3, -0.25) is 9.10 Å². The predicted octanol–water partition coefficient (Wildman–Crippen LogP) is 1.45. The number of ether oxygens (including phenoxy) is 1. The van der Waals surface area contributed by atoms with Crippen LogP contribution in [0.3, 0.4) is 0 Å². The van der Waals surface area contributed by atoms with Gasteiger partial charge < -0.3 is 15.0 Å². The van der Waals surface area contributed by atoms with Crippen LogP contribution < -0.4 is 14.4 Å². The van der Waals surface area contributed by atoms with Crippen LogP contribution in [0.15, 0.2) is 24.3 Å². The van der Waals surface area contributed by atoms with E-state index in [2.05, 4.69) is 17.3 Å². The number of rotatable bonds is 7. The number of amides is 1. The van der Waals surface area contributed by atoms with Crippen molar-refractivity contribution >= 4 is 21.6 Å². The van der Waals surface area contributed by atoms with Gasteiger partial charge in [-0.2, -0.15) is 0 Å². The topological polar surface area (TPSA) is 79.0 Å². The third-order valence-electron chi connectivity index (χ3n) is 4.70. The minimum absolute atomic E-state index is 0.0828. The Kier molecular flexibility index (Phi) is 6.88. The number of sulfonamides is 1. The van der Waals surface area contributed by atoms with E-state index in [1.54, 1.807) is 24.3 Å². The minimum Gasteiger partial charge on any atom is -0.497 e. The molecule has 0 saturated carbocycles. The number of carbonyl (C=O) groups excluding carboxylic acids is 1. The average Bonchev–Trinajstić information content (AvgIpc) is 2.60. The number of methoxy groups -OCH3 is 1. The number of nitrogens with one attached hydrogen (secondary N) is 1. The second-order valence-electron chi connectivity index (χ2n) is 6.77.